The molecule has 0 aliphatic heterocycles. The van der Waals surface area contributed by atoms with Gasteiger partial charge in [-0.25, -0.2) is 0 Å². The smallest absolute Gasteiger partial charge is 1.00 e. The predicted octanol–water partition coefficient (Wildman–Crippen LogP) is -0.464. The van der Waals surface area contributed by atoms with E-state index in [4.69, 9.17) is 0 Å². The Kier molecular flexibility index (Phi) is 6.99. The third-order valence-corrected chi connectivity index (χ3v) is 2.25. The van der Waals surface area contributed by atoms with Crippen LogP contribution in [0.25, 0.3) is 0 Å². The van der Waals surface area contributed by atoms with Gasteiger partial charge in [0.25, 0.3) is 0 Å². The Morgan fingerprint density at radius 2 is 1.93 bits per heavy atom. The SMILES string of the molecule is [Cl-].[Zn+2].[c-]1nc(Cc2ccccc2)cs1. The van der Waals surface area contributed by atoms with Crippen molar-refractivity contribution >= 4 is 11.3 Å². The zero-order chi connectivity index (χ0) is 8.23. The Balaban J connectivity index is 0.000000845. The van der Waals surface area contributed by atoms with Crippen molar-refractivity contribution in [2.24, 2.45) is 0 Å². The van der Waals surface area contributed by atoms with E-state index >= 15 is 0 Å². The van der Waals surface area contributed by atoms with Crippen LogP contribution >= 0.6 is 11.3 Å². The number of rotatable bonds is 2. The average molecular weight is 275 g/mol. The van der Waals surface area contributed by atoms with Crippen LogP contribution in [-0.2, 0) is 25.9 Å². The van der Waals surface area contributed by atoms with Crippen molar-refractivity contribution in [3.8, 4) is 0 Å². The van der Waals surface area contributed by atoms with Gasteiger partial charge in [-0.1, -0.05) is 41.6 Å². The summed E-state index contributed by atoms with van der Waals surface area (Å²) in [4.78, 5) is 4.11. The van der Waals surface area contributed by atoms with Gasteiger partial charge in [0.15, 0.2) is 0 Å². The van der Waals surface area contributed by atoms with Crippen LogP contribution in [0.4, 0.5) is 0 Å². The molecule has 4 heteroatoms. The molecule has 0 saturated carbocycles. The van der Waals surface area contributed by atoms with E-state index in [9.17, 15) is 0 Å². The summed E-state index contributed by atoms with van der Waals surface area (Å²) in [6, 6.07) is 10.3. The maximum atomic E-state index is 4.11. The summed E-state index contributed by atoms with van der Waals surface area (Å²) in [5, 5.41) is 2.03. The summed E-state index contributed by atoms with van der Waals surface area (Å²) in [6.45, 7) is 0. The molecule has 0 bridgehead atoms. The van der Waals surface area contributed by atoms with Gasteiger partial charge in [0.2, 0.25) is 0 Å². The molecule has 0 aliphatic carbocycles. The first-order valence-corrected chi connectivity index (χ1v) is 4.67. The molecule has 1 aromatic heterocycles. The predicted molar refractivity (Wildman–Crippen MR) is 50.2 cm³/mol. The van der Waals surface area contributed by atoms with Crippen molar-refractivity contribution in [2.45, 2.75) is 6.42 Å². The minimum absolute atomic E-state index is 0. The van der Waals surface area contributed by atoms with E-state index in [-0.39, 0.29) is 31.9 Å². The number of halogens is 1. The molecule has 1 heterocycles. The fourth-order valence-corrected chi connectivity index (χ4v) is 1.59. The molecule has 2 rings (SSSR count). The molecule has 0 radical (unpaired) electrons. The average Bonchev–Trinajstić information content (AvgIpc) is 2.59. The van der Waals surface area contributed by atoms with E-state index < -0.39 is 0 Å². The Morgan fingerprint density at radius 1 is 1.21 bits per heavy atom. The zero-order valence-electron chi connectivity index (χ0n) is 7.61. The van der Waals surface area contributed by atoms with E-state index in [0.717, 1.165) is 12.1 Å². The number of hydrogen-bond donors (Lipinski definition) is 0. The summed E-state index contributed by atoms with van der Waals surface area (Å²) in [5.74, 6) is 0. The van der Waals surface area contributed by atoms with Crippen molar-refractivity contribution in [1.29, 1.82) is 0 Å². The normalized spacial score (nSPS) is 8.57. The van der Waals surface area contributed by atoms with E-state index in [1.807, 2.05) is 23.6 Å². The molecule has 14 heavy (non-hydrogen) atoms. The van der Waals surface area contributed by atoms with Crippen molar-refractivity contribution in [3.05, 3.63) is 52.5 Å². The van der Waals surface area contributed by atoms with Crippen LogP contribution in [0, 0.1) is 5.51 Å². The molecule has 1 aromatic carbocycles. The Labute approximate surface area is 107 Å². The maximum absolute atomic E-state index is 4.11. The van der Waals surface area contributed by atoms with Gasteiger partial charge in [0.1, 0.15) is 0 Å². The number of aromatic nitrogens is 1. The molecule has 0 fully saturated rings. The van der Waals surface area contributed by atoms with Crippen molar-refractivity contribution in [2.75, 3.05) is 0 Å². The number of benzene rings is 1. The van der Waals surface area contributed by atoms with Crippen LogP contribution in [0.2, 0.25) is 0 Å². The second kappa shape index (κ2) is 7.11. The van der Waals surface area contributed by atoms with Crippen molar-refractivity contribution < 1.29 is 31.9 Å². The Morgan fingerprint density at radius 3 is 2.50 bits per heavy atom. The van der Waals surface area contributed by atoms with Gasteiger partial charge in [0, 0.05) is 0 Å². The molecule has 0 aliphatic rings. The van der Waals surface area contributed by atoms with Gasteiger partial charge in [-0.3, -0.25) is 11.3 Å². The molecule has 0 saturated heterocycles. The minimum Gasteiger partial charge on any atom is -1.00 e. The van der Waals surface area contributed by atoms with Crippen LogP contribution < -0.4 is 12.4 Å². The molecular formula is C10H8ClNSZn. The van der Waals surface area contributed by atoms with Crippen LogP contribution in [0.5, 0.6) is 0 Å². The summed E-state index contributed by atoms with van der Waals surface area (Å²) in [7, 11) is 0. The number of thiazole rings is 1. The van der Waals surface area contributed by atoms with Gasteiger partial charge in [0.05, 0.1) is 0 Å². The van der Waals surface area contributed by atoms with E-state index in [2.05, 4.69) is 22.6 Å². The van der Waals surface area contributed by atoms with Gasteiger partial charge in [-0.05, 0) is 11.9 Å². The minimum atomic E-state index is 0. The van der Waals surface area contributed by atoms with Crippen LogP contribution in [0.15, 0.2) is 35.7 Å². The Hall–Kier alpha value is -0.237. The molecular weight excluding hydrogens is 267 g/mol. The fraction of sp³-hybridized carbons (Fsp3) is 0.100. The monoisotopic (exact) mass is 273 g/mol. The van der Waals surface area contributed by atoms with E-state index in [1.165, 1.54) is 16.9 Å². The summed E-state index contributed by atoms with van der Waals surface area (Å²) >= 11 is 1.52. The molecule has 2 aromatic rings. The van der Waals surface area contributed by atoms with Crippen LogP contribution in [-0.4, -0.2) is 4.98 Å². The molecule has 0 unspecified atom stereocenters. The first-order chi connectivity index (χ1) is 5.95. The standard InChI is InChI=1S/C10H8NS.ClH.Zn/c1-2-4-9(5-3-1)6-10-7-12-8-11-10;;/h1-5,7H,6H2;1H;/q-1;;+2/p-1. The van der Waals surface area contributed by atoms with Gasteiger partial charge < -0.3 is 17.4 Å². The van der Waals surface area contributed by atoms with Gasteiger partial charge in [-0.2, -0.15) is 0 Å². The first kappa shape index (κ1) is 13.8. The molecule has 0 atom stereocenters. The second-order valence-corrected chi connectivity index (χ2v) is 3.25. The summed E-state index contributed by atoms with van der Waals surface area (Å²) < 4.78 is 0. The third kappa shape index (κ3) is 3.87. The largest absolute Gasteiger partial charge is 2.00 e. The molecule has 0 spiro atoms. The fourth-order valence-electron chi connectivity index (χ4n) is 1.09. The number of nitrogens with zero attached hydrogens (tertiary/aromatic N) is 1. The number of hydrogen-bond acceptors (Lipinski definition) is 2. The molecule has 68 valence electrons. The van der Waals surface area contributed by atoms with Gasteiger partial charge in [-0.15, -0.1) is 5.38 Å². The molecule has 1 nitrogen and oxygen atoms in total. The summed E-state index contributed by atoms with van der Waals surface area (Å²) in [5.41, 5.74) is 5.25. The van der Waals surface area contributed by atoms with Crippen LogP contribution in [0.3, 0.4) is 0 Å². The third-order valence-electron chi connectivity index (χ3n) is 1.66. The van der Waals surface area contributed by atoms with Crippen LogP contribution in [0.1, 0.15) is 11.3 Å². The quantitative estimate of drug-likeness (QED) is 0.534. The Bertz CT molecular complexity index is 336. The topological polar surface area (TPSA) is 12.9 Å². The molecule has 0 amide bonds. The molecule has 0 N–H and O–H groups in total. The maximum Gasteiger partial charge on any atom is 2.00 e. The van der Waals surface area contributed by atoms with Gasteiger partial charge >= 0.3 is 19.5 Å². The second-order valence-electron chi connectivity index (χ2n) is 2.59. The van der Waals surface area contributed by atoms with E-state index in [1.54, 1.807) is 0 Å². The van der Waals surface area contributed by atoms with Crippen molar-refractivity contribution in [1.82, 2.24) is 4.98 Å². The summed E-state index contributed by atoms with van der Waals surface area (Å²) in [6.07, 6.45) is 0.917. The zero-order valence-corrected chi connectivity index (χ0v) is 12.2. The first-order valence-electron chi connectivity index (χ1n) is 3.79. The van der Waals surface area contributed by atoms with E-state index in [0.29, 0.717) is 0 Å². The van der Waals surface area contributed by atoms with Crippen molar-refractivity contribution in [3.63, 3.8) is 0 Å².